The van der Waals surface area contributed by atoms with Gasteiger partial charge in [-0.2, -0.15) is 5.10 Å². The van der Waals surface area contributed by atoms with Crippen molar-refractivity contribution in [2.45, 2.75) is 25.3 Å². The van der Waals surface area contributed by atoms with Gasteiger partial charge in [-0.1, -0.05) is 29.3 Å². The van der Waals surface area contributed by atoms with Crippen LogP contribution in [0.4, 0.5) is 5.69 Å². The van der Waals surface area contributed by atoms with Crippen LogP contribution >= 0.6 is 11.6 Å². The maximum Gasteiger partial charge on any atom is 0.264 e. The molecule has 3 aromatic rings. The summed E-state index contributed by atoms with van der Waals surface area (Å²) in [5, 5.41) is 4.60. The molecule has 0 atom stereocenters. The molecular formula is C17H20ClN5O2S. The number of sulfonamides is 1. The smallest absolute Gasteiger partial charge is 0.264 e. The number of aromatic nitrogens is 3. The number of anilines is 1. The van der Waals surface area contributed by atoms with E-state index in [0.717, 1.165) is 11.1 Å². The third-order valence-electron chi connectivity index (χ3n) is 3.85. The Morgan fingerprint density at radius 2 is 2.00 bits per heavy atom. The van der Waals surface area contributed by atoms with Crippen molar-refractivity contribution in [3.63, 3.8) is 0 Å². The van der Waals surface area contributed by atoms with Gasteiger partial charge in [0.05, 0.1) is 23.8 Å². The minimum Gasteiger partial charge on any atom is -0.305 e. The molecule has 2 heterocycles. The van der Waals surface area contributed by atoms with Crippen molar-refractivity contribution in [3.05, 3.63) is 52.4 Å². The Kier molecular flexibility index (Phi) is 4.92. The lowest BCUT2D eigenvalue weighted by Crippen LogP contribution is -2.18. The molecule has 0 unspecified atom stereocenters. The first kappa shape index (κ1) is 18.6. The number of nitrogens with zero attached hydrogens (tertiary/aromatic N) is 4. The minimum atomic E-state index is -3.81. The molecule has 0 aliphatic carbocycles. The van der Waals surface area contributed by atoms with Gasteiger partial charge in [0.15, 0.2) is 5.65 Å². The van der Waals surface area contributed by atoms with Crippen LogP contribution in [0.5, 0.6) is 0 Å². The highest BCUT2D eigenvalue weighted by molar-refractivity contribution is 7.92. The molecule has 138 valence electrons. The fourth-order valence-corrected chi connectivity index (χ4v) is 3.85. The number of fused-ring (bicyclic) bond motifs is 1. The summed E-state index contributed by atoms with van der Waals surface area (Å²) in [6, 6.07) is 5.61. The number of hydrogen-bond acceptors (Lipinski definition) is 5. The van der Waals surface area contributed by atoms with E-state index in [-0.39, 0.29) is 4.90 Å². The van der Waals surface area contributed by atoms with E-state index in [0.29, 0.717) is 28.6 Å². The summed E-state index contributed by atoms with van der Waals surface area (Å²) >= 11 is 6.11. The molecule has 0 aliphatic rings. The third-order valence-corrected chi connectivity index (χ3v) is 5.62. The highest BCUT2D eigenvalue weighted by Gasteiger charge is 2.19. The molecule has 2 aromatic heterocycles. The minimum absolute atomic E-state index is 0.0144. The Morgan fingerprint density at radius 1 is 1.27 bits per heavy atom. The molecule has 0 fully saturated rings. The van der Waals surface area contributed by atoms with Crippen LogP contribution in [0, 0.1) is 13.8 Å². The molecule has 0 amide bonds. The quantitative estimate of drug-likeness (QED) is 0.721. The van der Waals surface area contributed by atoms with Gasteiger partial charge in [-0.15, -0.1) is 0 Å². The molecular weight excluding hydrogens is 374 g/mol. The molecule has 3 rings (SSSR count). The number of hydrogen-bond donors (Lipinski definition) is 1. The fraction of sp³-hybridized carbons (Fsp3) is 0.294. The van der Waals surface area contributed by atoms with E-state index < -0.39 is 10.0 Å². The van der Waals surface area contributed by atoms with E-state index in [9.17, 15) is 8.42 Å². The van der Waals surface area contributed by atoms with Crippen molar-refractivity contribution in [2.24, 2.45) is 0 Å². The molecule has 0 spiro atoms. The standard InChI is InChI=1S/C17H20ClN5O2S/c1-11-5-6-15(13(7-11)9-22(3)4)21-26(24,25)14-8-19-17-16(18)12(2)20-23(17)10-14/h5-8,10,21H,9H2,1-4H3. The van der Waals surface area contributed by atoms with Crippen LogP contribution in [0.3, 0.4) is 0 Å². The molecule has 0 saturated carbocycles. The fourth-order valence-electron chi connectivity index (χ4n) is 2.64. The lowest BCUT2D eigenvalue weighted by molar-refractivity contribution is 0.403. The summed E-state index contributed by atoms with van der Waals surface area (Å²) in [6.45, 7) is 4.33. The van der Waals surface area contributed by atoms with Gasteiger partial charge in [-0.3, -0.25) is 4.72 Å². The zero-order valence-corrected chi connectivity index (χ0v) is 16.6. The van der Waals surface area contributed by atoms with Crippen LogP contribution in [-0.4, -0.2) is 42.0 Å². The molecule has 7 nitrogen and oxygen atoms in total. The molecule has 26 heavy (non-hydrogen) atoms. The Hall–Kier alpha value is -2.16. The van der Waals surface area contributed by atoms with Gasteiger partial charge in [-0.25, -0.2) is 17.9 Å². The van der Waals surface area contributed by atoms with E-state index in [2.05, 4.69) is 14.8 Å². The lowest BCUT2D eigenvalue weighted by atomic mass is 10.1. The van der Waals surface area contributed by atoms with Gasteiger partial charge in [0.25, 0.3) is 10.0 Å². The topological polar surface area (TPSA) is 79.6 Å². The Bertz CT molecular complexity index is 1080. The average molecular weight is 394 g/mol. The van der Waals surface area contributed by atoms with Crippen molar-refractivity contribution >= 4 is 33.0 Å². The second-order valence-corrected chi connectivity index (χ2v) is 8.52. The Morgan fingerprint density at radius 3 is 2.69 bits per heavy atom. The molecule has 0 radical (unpaired) electrons. The zero-order chi connectivity index (χ0) is 19.1. The Balaban J connectivity index is 1.99. The van der Waals surface area contributed by atoms with Crippen LogP contribution < -0.4 is 4.72 Å². The number of rotatable bonds is 5. The second-order valence-electron chi connectivity index (χ2n) is 6.46. The maximum absolute atomic E-state index is 12.8. The summed E-state index contributed by atoms with van der Waals surface area (Å²) in [7, 11) is 0.0511. The van der Waals surface area contributed by atoms with Gasteiger partial charge in [-0.05, 0) is 39.6 Å². The van der Waals surface area contributed by atoms with E-state index in [1.54, 1.807) is 13.0 Å². The molecule has 9 heteroatoms. The van der Waals surface area contributed by atoms with Crippen molar-refractivity contribution < 1.29 is 8.42 Å². The van der Waals surface area contributed by atoms with Crippen LogP contribution in [0.2, 0.25) is 5.02 Å². The van der Waals surface area contributed by atoms with Gasteiger partial charge >= 0.3 is 0 Å². The van der Waals surface area contributed by atoms with Gasteiger partial charge < -0.3 is 4.90 Å². The number of halogens is 1. The van der Waals surface area contributed by atoms with Crippen molar-refractivity contribution in [3.8, 4) is 0 Å². The maximum atomic E-state index is 12.8. The number of aryl methyl sites for hydroxylation is 2. The number of nitrogens with one attached hydrogen (secondary N) is 1. The molecule has 0 bridgehead atoms. The first-order valence-electron chi connectivity index (χ1n) is 7.95. The summed E-state index contributed by atoms with van der Waals surface area (Å²) < 4.78 is 29.7. The summed E-state index contributed by atoms with van der Waals surface area (Å²) in [6.07, 6.45) is 2.69. The van der Waals surface area contributed by atoms with Crippen molar-refractivity contribution in [1.29, 1.82) is 0 Å². The first-order chi connectivity index (χ1) is 12.2. The SMILES string of the molecule is Cc1ccc(NS(=O)(=O)c2cnc3c(Cl)c(C)nn3c2)c(CN(C)C)c1. The van der Waals surface area contributed by atoms with Gasteiger partial charge in [0.2, 0.25) is 0 Å². The van der Waals surface area contributed by atoms with Crippen molar-refractivity contribution in [1.82, 2.24) is 19.5 Å². The van der Waals surface area contributed by atoms with E-state index >= 15 is 0 Å². The van der Waals surface area contributed by atoms with E-state index in [4.69, 9.17) is 11.6 Å². The number of benzene rings is 1. The van der Waals surface area contributed by atoms with Crippen LogP contribution in [0.15, 0.2) is 35.5 Å². The van der Waals surface area contributed by atoms with Crippen LogP contribution in [0.1, 0.15) is 16.8 Å². The van der Waals surface area contributed by atoms with Gasteiger partial charge in [0.1, 0.15) is 9.92 Å². The van der Waals surface area contributed by atoms with Crippen LogP contribution in [0.25, 0.3) is 5.65 Å². The third kappa shape index (κ3) is 3.67. The normalized spacial score (nSPS) is 12.1. The molecule has 0 aliphatic heterocycles. The van der Waals surface area contributed by atoms with E-state index in [1.165, 1.54) is 16.9 Å². The highest BCUT2D eigenvalue weighted by atomic mass is 35.5. The van der Waals surface area contributed by atoms with Crippen LogP contribution in [-0.2, 0) is 16.6 Å². The molecule has 1 aromatic carbocycles. The van der Waals surface area contributed by atoms with Gasteiger partial charge in [0, 0.05) is 6.54 Å². The zero-order valence-electron chi connectivity index (χ0n) is 15.0. The summed E-state index contributed by atoms with van der Waals surface area (Å²) in [5.74, 6) is 0. The Labute approximate surface area is 157 Å². The predicted octanol–water partition coefficient (Wildman–Crippen LogP) is 2.86. The largest absolute Gasteiger partial charge is 0.305 e. The van der Waals surface area contributed by atoms with Crippen molar-refractivity contribution in [2.75, 3.05) is 18.8 Å². The average Bonchev–Trinajstić information content (AvgIpc) is 2.83. The second kappa shape index (κ2) is 6.86. The van der Waals surface area contributed by atoms with E-state index in [1.807, 2.05) is 38.1 Å². The monoisotopic (exact) mass is 393 g/mol. The summed E-state index contributed by atoms with van der Waals surface area (Å²) in [4.78, 5) is 6.13. The first-order valence-corrected chi connectivity index (χ1v) is 9.81. The highest BCUT2D eigenvalue weighted by Crippen LogP contribution is 2.24. The molecule has 0 saturated heterocycles. The predicted molar refractivity (Wildman–Crippen MR) is 102 cm³/mol. The molecule has 1 N–H and O–H groups in total. The lowest BCUT2D eigenvalue weighted by Gasteiger charge is -2.16. The summed E-state index contributed by atoms with van der Waals surface area (Å²) in [5.41, 5.74) is 3.51.